The summed E-state index contributed by atoms with van der Waals surface area (Å²) in [6.07, 6.45) is 2.81. The summed E-state index contributed by atoms with van der Waals surface area (Å²) in [6.45, 7) is 2.96. The molecule has 4 rings (SSSR count). The zero-order valence-corrected chi connectivity index (χ0v) is 17.9. The molecule has 0 atom stereocenters. The largest absolute Gasteiger partial charge is 0.335 e. The van der Waals surface area contributed by atoms with Gasteiger partial charge in [-0.05, 0) is 36.6 Å². The zero-order chi connectivity index (χ0) is 21.1. The van der Waals surface area contributed by atoms with E-state index in [9.17, 15) is 14.9 Å². The van der Waals surface area contributed by atoms with Crippen LogP contribution in [0.4, 0.5) is 5.69 Å². The summed E-state index contributed by atoms with van der Waals surface area (Å²) >= 11 is 2.69. The van der Waals surface area contributed by atoms with E-state index >= 15 is 0 Å². The van der Waals surface area contributed by atoms with Gasteiger partial charge in [-0.2, -0.15) is 0 Å². The maximum atomic E-state index is 12.9. The predicted molar refractivity (Wildman–Crippen MR) is 119 cm³/mol. The van der Waals surface area contributed by atoms with E-state index in [0.717, 1.165) is 16.5 Å². The van der Waals surface area contributed by atoms with Gasteiger partial charge in [0.25, 0.3) is 11.6 Å². The lowest BCUT2D eigenvalue weighted by atomic mass is 9.99. The molecule has 0 spiro atoms. The molecule has 3 aromatic rings. The third kappa shape index (κ3) is 4.44. The highest BCUT2D eigenvalue weighted by Gasteiger charge is 2.23. The summed E-state index contributed by atoms with van der Waals surface area (Å²) in [5.74, 6) is -0.192. The monoisotopic (exact) mass is 437 g/mol. The molecule has 6 nitrogen and oxygen atoms in total. The van der Waals surface area contributed by atoms with Crippen molar-refractivity contribution in [3.05, 3.63) is 86.9 Å². The fourth-order valence-electron chi connectivity index (χ4n) is 3.30. The molecular weight excluding hydrogens is 418 g/mol. The molecule has 0 N–H and O–H groups in total. The maximum Gasteiger partial charge on any atom is 0.284 e. The van der Waals surface area contributed by atoms with Gasteiger partial charge in [-0.3, -0.25) is 14.9 Å². The van der Waals surface area contributed by atoms with Crippen molar-refractivity contribution in [2.45, 2.75) is 22.6 Å². The van der Waals surface area contributed by atoms with Gasteiger partial charge in [0.05, 0.1) is 9.82 Å². The van der Waals surface area contributed by atoms with Gasteiger partial charge in [0.2, 0.25) is 0 Å². The molecule has 0 aliphatic carbocycles. The molecule has 1 amide bonds. The lowest BCUT2D eigenvalue weighted by Gasteiger charge is -2.26. The molecule has 0 fully saturated rings. The van der Waals surface area contributed by atoms with E-state index in [2.05, 4.69) is 23.2 Å². The van der Waals surface area contributed by atoms with Crippen LogP contribution in [0, 0.1) is 17.0 Å². The maximum absolute atomic E-state index is 12.9. The fraction of sp³-hybridized carbons (Fsp3) is 0.182. The first kappa shape index (κ1) is 20.3. The Bertz CT molecular complexity index is 1130. The molecule has 1 aliphatic rings. The number of carbonyl (C=O) groups is 1. The van der Waals surface area contributed by atoms with E-state index in [4.69, 9.17) is 0 Å². The lowest BCUT2D eigenvalue weighted by molar-refractivity contribution is -0.387. The average Bonchev–Trinajstić information content (AvgIpc) is 3.18. The summed E-state index contributed by atoms with van der Waals surface area (Å²) in [5, 5.41) is 13.5. The molecule has 2 aromatic carbocycles. The summed E-state index contributed by atoms with van der Waals surface area (Å²) in [5.41, 5.74) is 3.52. The van der Waals surface area contributed by atoms with Crippen LogP contribution in [0.25, 0.3) is 5.57 Å². The van der Waals surface area contributed by atoms with Gasteiger partial charge in [-0.1, -0.05) is 48.2 Å². The standard InChI is InChI=1S/C22H19N3O3S2/c1-15-14-29-22(23-15)30-20-8-7-18(13-19(20)25(27)28)21(26)24-11-9-17(10-12-24)16-5-3-2-4-6-16/h2-9,13-14H,10-12H2,1H3. The minimum Gasteiger partial charge on any atom is -0.335 e. The van der Waals surface area contributed by atoms with Crippen LogP contribution in [0.2, 0.25) is 0 Å². The Kier molecular flexibility index (Phi) is 5.96. The first-order valence-electron chi connectivity index (χ1n) is 9.43. The van der Waals surface area contributed by atoms with Crippen molar-refractivity contribution < 1.29 is 9.72 Å². The van der Waals surface area contributed by atoms with E-state index in [1.165, 1.54) is 40.3 Å². The first-order valence-corrected chi connectivity index (χ1v) is 11.1. The molecule has 30 heavy (non-hydrogen) atoms. The highest BCUT2D eigenvalue weighted by atomic mass is 32.2. The second-order valence-electron chi connectivity index (χ2n) is 6.89. The number of amides is 1. The second-order valence-corrected chi connectivity index (χ2v) is 9.04. The number of aromatic nitrogens is 1. The molecular formula is C22H19N3O3S2. The number of hydrogen-bond donors (Lipinski definition) is 0. The molecule has 0 bridgehead atoms. The van der Waals surface area contributed by atoms with Gasteiger partial charge >= 0.3 is 0 Å². The molecule has 1 aromatic heterocycles. The minimum absolute atomic E-state index is 0.0729. The molecule has 2 heterocycles. The van der Waals surface area contributed by atoms with Crippen molar-refractivity contribution in [2.75, 3.05) is 13.1 Å². The van der Waals surface area contributed by atoms with E-state index < -0.39 is 4.92 Å². The number of carbonyl (C=O) groups excluding carboxylic acids is 1. The third-order valence-electron chi connectivity index (χ3n) is 4.84. The van der Waals surface area contributed by atoms with Gasteiger partial charge in [-0.25, -0.2) is 4.98 Å². The normalized spacial score (nSPS) is 13.8. The molecule has 1 aliphatic heterocycles. The van der Waals surface area contributed by atoms with Crippen LogP contribution in [0.15, 0.2) is 69.2 Å². The molecule has 8 heteroatoms. The van der Waals surface area contributed by atoms with E-state index in [-0.39, 0.29) is 11.6 Å². The van der Waals surface area contributed by atoms with Crippen molar-refractivity contribution in [3.63, 3.8) is 0 Å². The molecule has 0 saturated heterocycles. The Morgan fingerprint density at radius 2 is 2.03 bits per heavy atom. The van der Waals surface area contributed by atoms with Crippen LogP contribution >= 0.6 is 23.1 Å². The highest BCUT2D eigenvalue weighted by Crippen LogP contribution is 2.37. The highest BCUT2D eigenvalue weighted by molar-refractivity contribution is 8.01. The SMILES string of the molecule is Cc1csc(Sc2ccc(C(=O)N3CC=C(c4ccccc4)CC3)cc2[N+](=O)[O-])n1. The number of nitro benzene ring substituents is 1. The minimum atomic E-state index is -0.441. The van der Waals surface area contributed by atoms with Crippen molar-refractivity contribution in [1.29, 1.82) is 0 Å². The first-order chi connectivity index (χ1) is 14.5. The Morgan fingerprint density at radius 1 is 1.23 bits per heavy atom. The van der Waals surface area contributed by atoms with E-state index in [1.807, 2.05) is 30.5 Å². The Labute approximate surface area is 182 Å². The number of rotatable bonds is 5. The summed E-state index contributed by atoms with van der Waals surface area (Å²) in [4.78, 5) is 30.7. The summed E-state index contributed by atoms with van der Waals surface area (Å²) in [7, 11) is 0. The number of aryl methyl sites for hydroxylation is 1. The van der Waals surface area contributed by atoms with Crippen LogP contribution in [0.3, 0.4) is 0 Å². The van der Waals surface area contributed by atoms with E-state index in [1.54, 1.807) is 17.0 Å². The van der Waals surface area contributed by atoms with Crippen LogP contribution < -0.4 is 0 Å². The number of thiazole rings is 1. The van der Waals surface area contributed by atoms with Crippen molar-refractivity contribution in [2.24, 2.45) is 0 Å². The molecule has 0 radical (unpaired) electrons. The number of benzene rings is 2. The Balaban J connectivity index is 1.52. The van der Waals surface area contributed by atoms with Gasteiger partial charge in [-0.15, -0.1) is 11.3 Å². The lowest BCUT2D eigenvalue weighted by Crippen LogP contribution is -2.34. The van der Waals surface area contributed by atoms with Crippen molar-refractivity contribution in [3.8, 4) is 0 Å². The fourth-order valence-corrected chi connectivity index (χ4v) is 5.18. The predicted octanol–water partition coefficient (Wildman–Crippen LogP) is 5.44. The molecule has 152 valence electrons. The van der Waals surface area contributed by atoms with Crippen LogP contribution in [0.5, 0.6) is 0 Å². The topological polar surface area (TPSA) is 76.3 Å². The van der Waals surface area contributed by atoms with Gasteiger partial charge in [0.15, 0.2) is 4.34 Å². The van der Waals surface area contributed by atoms with Gasteiger partial charge < -0.3 is 4.90 Å². The van der Waals surface area contributed by atoms with Crippen LogP contribution in [-0.4, -0.2) is 33.8 Å². The molecule has 0 unspecified atom stereocenters. The number of nitrogens with zero attached hydrogens (tertiary/aromatic N) is 3. The molecule has 0 saturated carbocycles. The zero-order valence-electron chi connectivity index (χ0n) is 16.3. The number of hydrogen-bond acceptors (Lipinski definition) is 6. The van der Waals surface area contributed by atoms with E-state index in [0.29, 0.717) is 23.5 Å². The van der Waals surface area contributed by atoms with Gasteiger partial charge in [0.1, 0.15) is 0 Å². The van der Waals surface area contributed by atoms with Crippen molar-refractivity contribution >= 4 is 40.3 Å². The van der Waals surface area contributed by atoms with Crippen molar-refractivity contribution in [1.82, 2.24) is 9.88 Å². The van der Waals surface area contributed by atoms with Gasteiger partial charge in [0, 0.05) is 35.8 Å². The van der Waals surface area contributed by atoms with Crippen LogP contribution in [-0.2, 0) is 0 Å². The quantitative estimate of drug-likeness (QED) is 0.392. The number of nitro groups is 1. The smallest absolute Gasteiger partial charge is 0.284 e. The summed E-state index contributed by atoms with van der Waals surface area (Å²) < 4.78 is 0.740. The second kappa shape index (κ2) is 8.81. The Morgan fingerprint density at radius 3 is 2.67 bits per heavy atom. The third-order valence-corrected chi connectivity index (χ3v) is 6.96. The summed E-state index contributed by atoms with van der Waals surface area (Å²) in [6, 6.07) is 14.8. The van der Waals surface area contributed by atoms with Crippen LogP contribution in [0.1, 0.15) is 28.0 Å². The Hall–Kier alpha value is -2.97. The average molecular weight is 438 g/mol.